The molecule has 3 rings (SSSR count). The van der Waals surface area contributed by atoms with Gasteiger partial charge in [-0.3, -0.25) is 0 Å². The van der Waals surface area contributed by atoms with Crippen molar-refractivity contribution in [1.82, 2.24) is 0 Å². The highest BCUT2D eigenvalue weighted by atomic mass is 32.1. The van der Waals surface area contributed by atoms with Gasteiger partial charge in [0.15, 0.2) is 0 Å². The SMILES string of the molecule is CC.CCOC(=O)c1sc(C)c(C#N)c1-c1ccc(-c2ccccc2OC(C)C)cc1. The number of carbonyl (C=O) groups is 1. The third kappa shape index (κ3) is 5.53. The van der Waals surface area contributed by atoms with Gasteiger partial charge < -0.3 is 9.47 Å². The molecule has 0 saturated carbocycles. The molecule has 0 radical (unpaired) electrons. The molecule has 1 heterocycles. The summed E-state index contributed by atoms with van der Waals surface area (Å²) in [5.74, 6) is 0.434. The van der Waals surface area contributed by atoms with E-state index >= 15 is 0 Å². The molecule has 0 fully saturated rings. The molecule has 2 aromatic carbocycles. The maximum atomic E-state index is 12.4. The molecule has 4 nitrogen and oxygen atoms in total. The molecule has 0 N–H and O–H groups in total. The van der Waals surface area contributed by atoms with E-state index in [2.05, 4.69) is 6.07 Å². The van der Waals surface area contributed by atoms with Gasteiger partial charge in [-0.15, -0.1) is 11.3 Å². The molecule has 3 aromatic rings. The molecule has 5 heteroatoms. The first kappa shape index (κ1) is 24.2. The summed E-state index contributed by atoms with van der Waals surface area (Å²) in [6.07, 6.45) is 0.0783. The van der Waals surface area contributed by atoms with Gasteiger partial charge in [0.25, 0.3) is 0 Å². The van der Waals surface area contributed by atoms with E-state index in [4.69, 9.17) is 9.47 Å². The van der Waals surface area contributed by atoms with Gasteiger partial charge in [0.1, 0.15) is 16.7 Å². The second kappa shape index (κ2) is 11.3. The second-order valence-corrected chi connectivity index (χ2v) is 8.03. The Bertz CT molecular complexity index is 1060. The normalized spacial score (nSPS) is 10.1. The van der Waals surface area contributed by atoms with E-state index < -0.39 is 5.97 Å². The minimum absolute atomic E-state index is 0.0783. The minimum atomic E-state index is -0.392. The lowest BCUT2D eigenvalue weighted by Crippen LogP contribution is -2.06. The number of aryl methyl sites for hydroxylation is 1. The fraction of sp³-hybridized carbons (Fsp3) is 0.308. The average molecular weight is 436 g/mol. The van der Waals surface area contributed by atoms with Crippen molar-refractivity contribution >= 4 is 17.3 Å². The topological polar surface area (TPSA) is 59.3 Å². The third-order valence-electron chi connectivity index (χ3n) is 4.39. The average Bonchev–Trinajstić information content (AvgIpc) is 3.12. The number of rotatable bonds is 6. The molecule has 0 saturated heterocycles. The Kier molecular flexibility index (Phi) is 8.84. The zero-order valence-electron chi connectivity index (χ0n) is 19.0. The van der Waals surface area contributed by atoms with Crippen LogP contribution in [0.3, 0.4) is 0 Å². The molecule has 0 aliphatic heterocycles. The van der Waals surface area contributed by atoms with Crippen LogP contribution in [0.2, 0.25) is 0 Å². The van der Waals surface area contributed by atoms with Gasteiger partial charge in [0.05, 0.1) is 18.3 Å². The Morgan fingerprint density at radius 3 is 2.26 bits per heavy atom. The lowest BCUT2D eigenvalue weighted by molar-refractivity contribution is 0.0533. The van der Waals surface area contributed by atoms with E-state index in [0.29, 0.717) is 22.6 Å². The predicted molar refractivity (Wildman–Crippen MR) is 128 cm³/mol. The Labute approximate surface area is 189 Å². The number of nitriles is 1. The number of esters is 1. The van der Waals surface area contributed by atoms with E-state index in [1.165, 1.54) is 11.3 Å². The lowest BCUT2D eigenvalue weighted by Gasteiger charge is -2.14. The van der Waals surface area contributed by atoms with Crippen LogP contribution >= 0.6 is 11.3 Å². The number of carbonyl (C=O) groups excluding carboxylic acids is 1. The van der Waals surface area contributed by atoms with Crippen molar-refractivity contribution in [2.24, 2.45) is 0 Å². The Morgan fingerprint density at radius 1 is 1.06 bits per heavy atom. The standard InChI is InChI=1S/C24H23NO3S.C2H6/c1-5-27-24(26)23-22(20(14-25)16(4)29-23)18-12-10-17(11-13-18)19-8-6-7-9-21(19)28-15(2)3;1-2/h6-13,15H,5H2,1-4H3;1-2H3. The third-order valence-corrected chi connectivity index (χ3v) is 5.48. The van der Waals surface area contributed by atoms with Crippen LogP contribution in [0, 0.1) is 18.3 Å². The van der Waals surface area contributed by atoms with E-state index in [1.807, 2.05) is 83.1 Å². The predicted octanol–water partition coefficient (Wildman–Crippen LogP) is 7.25. The van der Waals surface area contributed by atoms with Crippen LogP contribution in [-0.2, 0) is 4.74 Å². The first-order valence-electron chi connectivity index (χ1n) is 10.5. The maximum absolute atomic E-state index is 12.4. The van der Waals surface area contributed by atoms with E-state index in [9.17, 15) is 10.1 Å². The minimum Gasteiger partial charge on any atom is -0.490 e. The summed E-state index contributed by atoms with van der Waals surface area (Å²) in [5.41, 5.74) is 3.99. The fourth-order valence-corrected chi connectivity index (χ4v) is 4.19. The Morgan fingerprint density at radius 2 is 1.68 bits per heavy atom. The van der Waals surface area contributed by atoms with Crippen LogP contribution in [0.15, 0.2) is 48.5 Å². The summed E-state index contributed by atoms with van der Waals surface area (Å²) in [5, 5.41) is 9.63. The largest absolute Gasteiger partial charge is 0.490 e. The van der Waals surface area contributed by atoms with Crippen LogP contribution in [-0.4, -0.2) is 18.7 Å². The number of thiophene rings is 1. The van der Waals surface area contributed by atoms with Crippen molar-refractivity contribution in [2.45, 2.75) is 47.6 Å². The molecular weight excluding hydrogens is 406 g/mol. The first-order chi connectivity index (χ1) is 15.0. The van der Waals surface area contributed by atoms with Gasteiger partial charge in [-0.1, -0.05) is 56.3 Å². The lowest BCUT2D eigenvalue weighted by atomic mass is 9.97. The Hall–Kier alpha value is -3.10. The van der Waals surface area contributed by atoms with Gasteiger partial charge in [0, 0.05) is 16.0 Å². The maximum Gasteiger partial charge on any atom is 0.348 e. The molecule has 0 spiro atoms. The molecule has 0 aliphatic carbocycles. The van der Waals surface area contributed by atoms with Crippen LogP contribution in [0.25, 0.3) is 22.3 Å². The molecular formula is C26H29NO3S. The number of ether oxygens (including phenoxy) is 2. The molecule has 0 atom stereocenters. The summed E-state index contributed by atoms with van der Waals surface area (Å²) in [4.78, 5) is 13.7. The second-order valence-electron chi connectivity index (χ2n) is 6.81. The number of benzene rings is 2. The summed E-state index contributed by atoms with van der Waals surface area (Å²) >= 11 is 1.30. The van der Waals surface area contributed by atoms with Crippen molar-refractivity contribution in [3.05, 3.63) is 63.8 Å². The van der Waals surface area contributed by atoms with Crippen LogP contribution in [0.4, 0.5) is 0 Å². The molecule has 162 valence electrons. The highest BCUT2D eigenvalue weighted by molar-refractivity contribution is 7.14. The molecule has 31 heavy (non-hydrogen) atoms. The summed E-state index contributed by atoms with van der Waals surface area (Å²) in [7, 11) is 0. The smallest absolute Gasteiger partial charge is 0.348 e. The number of nitrogens with zero attached hydrogens (tertiary/aromatic N) is 1. The zero-order valence-corrected chi connectivity index (χ0v) is 19.8. The van der Waals surface area contributed by atoms with Gasteiger partial charge in [0.2, 0.25) is 0 Å². The molecule has 0 amide bonds. The summed E-state index contributed by atoms with van der Waals surface area (Å²) < 4.78 is 11.1. The van der Waals surface area contributed by atoms with Gasteiger partial charge in [-0.05, 0) is 44.9 Å². The molecule has 1 aromatic heterocycles. The van der Waals surface area contributed by atoms with Crippen LogP contribution in [0.5, 0.6) is 5.75 Å². The van der Waals surface area contributed by atoms with Crippen molar-refractivity contribution in [2.75, 3.05) is 6.61 Å². The van der Waals surface area contributed by atoms with Crippen LogP contribution < -0.4 is 4.74 Å². The molecule has 0 bridgehead atoms. The summed E-state index contributed by atoms with van der Waals surface area (Å²) in [6, 6.07) is 18.0. The van der Waals surface area contributed by atoms with E-state index in [-0.39, 0.29) is 6.10 Å². The van der Waals surface area contributed by atoms with Gasteiger partial charge in [-0.25, -0.2) is 4.79 Å². The quantitative estimate of drug-likeness (QED) is 0.383. The number of para-hydroxylation sites is 1. The zero-order chi connectivity index (χ0) is 23.0. The highest BCUT2D eigenvalue weighted by Gasteiger charge is 2.23. The van der Waals surface area contributed by atoms with Crippen molar-refractivity contribution < 1.29 is 14.3 Å². The van der Waals surface area contributed by atoms with Crippen LogP contribution in [0.1, 0.15) is 54.7 Å². The number of hydrogen-bond donors (Lipinski definition) is 0. The number of hydrogen-bond acceptors (Lipinski definition) is 5. The highest BCUT2D eigenvalue weighted by Crippen LogP contribution is 2.38. The van der Waals surface area contributed by atoms with Crippen molar-refractivity contribution in [3.8, 4) is 34.1 Å². The van der Waals surface area contributed by atoms with Gasteiger partial charge >= 0.3 is 5.97 Å². The fourth-order valence-electron chi connectivity index (χ4n) is 3.17. The van der Waals surface area contributed by atoms with Gasteiger partial charge in [-0.2, -0.15) is 5.26 Å². The summed E-state index contributed by atoms with van der Waals surface area (Å²) in [6.45, 7) is 11.9. The van der Waals surface area contributed by atoms with E-state index in [1.54, 1.807) is 6.92 Å². The molecule has 0 aliphatic rings. The first-order valence-corrected chi connectivity index (χ1v) is 11.3. The molecule has 0 unspecified atom stereocenters. The van der Waals surface area contributed by atoms with Crippen molar-refractivity contribution in [1.29, 1.82) is 5.26 Å². The monoisotopic (exact) mass is 435 g/mol. The van der Waals surface area contributed by atoms with Crippen molar-refractivity contribution in [3.63, 3.8) is 0 Å². The Balaban J connectivity index is 0.00000166. The van der Waals surface area contributed by atoms with E-state index in [0.717, 1.165) is 27.3 Å².